The van der Waals surface area contributed by atoms with Crippen molar-refractivity contribution in [2.24, 2.45) is 11.3 Å². The fourth-order valence-corrected chi connectivity index (χ4v) is 3.38. The van der Waals surface area contributed by atoms with E-state index in [2.05, 4.69) is 20.6 Å². The van der Waals surface area contributed by atoms with Gasteiger partial charge in [-0.3, -0.25) is 14.6 Å². The van der Waals surface area contributed by atoms with Crippen LogP contribution in [0.4, 0.5) is 0 Å². The molecule has 0 bridgehead atoms. The summed E-state index contributed by atoms with van der Waals surface area (Å²) in [6.07, 6.45) is 8.89. The van der Waals surface area contributed by atoms with Crippen molar-refractivity contribution >= 4 is 17.8 Å². The van der Waals surface area contributed by atoms with E-state index in [4.69, 9.17) is 0 Å². The first-order valence-electron chi connectivity index (χ1n) is 9.30. The van der Waals surface area contributed by atoms with E-state index in [0.717, 1.165) is 32.1 Å². The summed E-state index contributed by atoms with van der Waals surface area (Å²) in [5.74, 6) is -2.09. The number of carboxylic acids is 1. The third-order valence-corrected chi connectivity index (χ3v) is 4.89. The fraction of sp³-hybridized carbons (Fsp3) is 0.632. The summed E-state index contributed by atoms with van der Waals surface area (Å²) in [6.45, 7) is 5.25. The van der Waals surface area contributed by atoms with Crippen LogP contribution in [0, 0.1) is 11.3 Å². The van der Waals surface area contributed by atoms with Crippen LogP contribution in [0.5, 0.6) is 0 Å². The van der Waals surface area contributed by atoms with Crippen LogP contribution < -0.4 is 10.6 Å². The Morgan fingerprint density at radius 2 is 1.78 bits per heavy atom. The second kappa shape index (κ2) is 8.92. The third kappa shape index (κ3) is 5.74. The quantitative estimate of drug-likeness (QED) is 0.696. The van der Waals surface area contributed by atoms with Gasteiger partial charge in [0.2, 0.25) is 5.91 Å². The van der Waals surface area contributed by atoms with Crippen molar-refractivity contribution in [3.8, 4) is 0 Å². The molecule has 1 heterocycles. The highest BCUT2D eigenvalue weighted by atomic mass is 16.4. The zero-order valence-electron chi connectivity index (χ0n) is 16.1. The number of rotatable bonds is 6. The molecule has 2 unspecified atom stereocenters. The minimum absolute atomic E-state index is 0.0335. The predicted octanol–water partition coefficient (Wildman–Crippen LogP) is 1.77. The van der Waals surface area contributed by atoms with Gasteiger partial charge in [0.15, 0.2) is 0 Å². The van der Waals surface area contributed by atoms with E-state index >= 15 is 0 Å². The molecule has 8 heteroatoms. The number of hydrogen-bond donors (Lipinski definition) is 3. The lowest BCUT2D eigenvalue weighted by atomic mass is 9.82. The van der Waals surface area contributed by atoms with Gasteiger partial charge < -0.3 is 15.7 Å². The van der Waals surface area contributed by atoms with E-state index < -0.39 is 35.3 Å². The van der Waals surface area contributed by atoms with Crippen molar-refractivity contribution in [3.05, 3.63) is 24.3 Å². The molecule has 0 radical (unpaired) electrons. The highest BCUT2D eigenvalue weighted by Gasteiger charge is 2.37. The smallest absolute Gasteiger partial charge is 0.326 e. The van der Waals surface area contributed by atoms with Gasteiger partial charge in [-0.1, -0.05) is 40.0 Å². The van der Waals surface area contributed by atoms with Crippen molar-refractivity contribution in [1.29, 1.82) is 0 Å². The molecule has 0 aromatic carbocycles. The average molecular weight is 376 g/mol. The van der Waals surface area contributed by atoms with Gasteiger partial charge in [-0.05, 0) is 24.2 Å². The van der Waals surface area contributed by atoms with Gasteiger partial charge in [0.25, 0.3) is 5.91 Å². The van der Waals surface area contributed by atoms with Crippen molar-refractivity contribution in [2.45, 2.75) is 65.0 Å². The molecule has 0 saturated heterocycles. The van der Waals surface area contributed by atoms with Crippen LogP contribution in [0.2, 0.25) is 0 Å². The number of carbonyl (C=O) groups excluding carboxylic acids is 2. The molecule has 2 atom stereocenters. The molecule has 0 aliphatic heterocycles. The van der Waals surface area contributed by atoms with Gasteiger partial charge >= 0.3 is 5.97 Å². The Kier molecular flexibility index (Phi) is 6.87. The Bertz CT molecular complexity index is 666. The molecule has 1 aliphatic carbocycles. The molecule has 1 aromatic heterocycles. The molecule has 3 N–H and O–H groups in total. The maximum Gasteiger partial charge on any atom is 0.326 e. The molecular weight excluding hydrogens is 348 g/mol. The van der Waals surface area contributed by atoms with Crippen LogP contribution >= 0.6 is 0 Å². The Morgan fingerprint density at radius 1 is 1.11 bits per heavy atom. The van der Waals surface area contributed by atoms with Gasteiger partial charge in [0, 0.05) is 12.4 Å². The lowest BCUT2D eigenvalue weighted by Gasteiger charge is -2.33. The number of hydrogen-bond acceptors (Lipinski definition) is 5. The number of carboxylic acid groups (broad SMARTS) is 1. The van der Waals surface area contributed by atoms with Gasteiger partial charge in [-0.15, -0.1) is 0 Å². The zero-order chi connectivity index (χ0) is 20.0. The molecule has 2 rings (SSSR count). The van der Waals surface area contributed by atoms with Gasteiger partial charge in [0.05, 0.1) is 6.20 Å². The van der Waals surface area contributed by atoms with Crippen LogP contribution in [0.15, 0.2) is 18.6 Å². The van der Waals surface area contributed by atoms with E-state index in [-0.39, 0.29) is 11.6 Å². The average Bonchev–Trinajstić information content (AvgIpc) is 2.64. The lowest BCUT2D eigenvalue weighted by molar-refractivity contribution is -0.145. The molecule has 148 valence electrons. The van der Waals surface area contributed by atoms with E-state index in [1.807, 2.05) is 0 Å². The summed E-state index contributed by atoms with van der Waals surface area (Å²) >= 11 is 0. The van der Waals surface area contributed by atoms with Crippen molar-refractivity contribution in [2.75, 3.05) is 0 Å². The van der Waals surface area contributed by atoms with Gasteiger partial charge in [0.1, 0.15) is 17.8 Å². The van der Waals surface area contributed by atoms with Crippen molar-refractivity contribution in [3.63, 3.8) is 0 Å². The lowest BCUT2D eigenvalue weighted by Crippen LogP contribution is -2.57. The van der Waals surface area contributed by atoms with Gasteiger partial charge in [-0.2, -0.15) is 0 Å². The maximum atomic E-state index is 12.9. The first-order chi connectivity index (χ1) is 12.7. The standard InChI is InChI=1S/C19H28N4O4/c1-19(2,3)15(18(26)27)23-17(25)14(12-7-5-4-6-8-12)22-16(24)13-11-20-9-10-21-13/h9-12,14-15H,4-8H2,1-3H3,(H,22,24)(H,23,25)(H,26,27). The SMILES string of the molecule is CC(C)(C)C(NC(=O)C(NC(=O)c1cnccn1)C1CCCCC1)C(=O)O. The molecule has 0 spiro atoms. The molecule has 1 fully saturated rings. The van der Waals surface area contributed by atoms with Crippen molar-refractivity contribution < 1.29 is 19.5 Å². The normalized spacial score (nSPS) is 17.6. The van der Waals surface area contributed by atoms with Gasteiger partial charge in [-0.25, -0.2) is 9.78 Å². The molecule has 8 nitrogen and oxygen atoms in total. The molecular formula is C19H28N4O4. The number of aromatic nitrogens is 2. The van der Waals surface area contributed by atoms with Crippen molar-refractivity contribution in [1.82, 2.24) is 20.6 Å². The summed E-state index contributed by atoms with van der Waals surface area (Å²) < 4.78 is 0. The molecule has 1 aliphatic rings. The largest absolute Gasteiger partial charge is 0.480 e. The zero-order valence-corrected chi connectivity index (χ0v) is 16.1. The van der Waals surface area contributed by atoms with E-state index in [0.29, 0.717) is 0 Å². The number of nitrogens with one attached hydrogen (secondary N) is 2. The minimum atomic E-state index is -1.10. The maximum absolute atomic E-state index is 12.9. The third-order valence-electron chi connectivity index (χ3n) is 4.89. The summed E-state index contributed by atoms with van der Waals surface area (Å²) in [6, 6.07) is -1.85. The number of amides is 2. The van der Waals surface area contributed by atoms with Crippen LogP contribution in [-0.4, -0.2) is 44.9 Å². The van der Waals surface area contributed by atoms with Crippen LogP contribution in [0.1, 0.15) is 63.4 Å². The Balaban J connectivity index is 2.19. The van der Waals surface area contributed by atoms with Crippen LogP contribution in [0.3, 0.4) is 0 Å². The highest BCUT2D eigenvalue weighted by molar-refractivity contribution is 5.96. The van der Waals surface area contributed by atoms with E-state index in [1.165, 1.54) is 18.6 Å². The second-order valence-corrected chi connectivity index (χ2v) is 8.09. The summed E-state index contributed by atoms with van der Waals surface area (Å²) in [5.41, 5.74) is -0.537. The highest BCUT2D eigenvalue weighted by Crippen LogP contribution is 2.27. The first-order valence-corrected chi connectivity index (χ1v) is 9.30. The number of aliphatic carboxylic acids is 1. The minimum Gasteiger partial charge on any atom is -0.480 e. The van der Waals surface area contributed by atoms with E-state index in [1.54, 1.807) is 20.8 Å². The first kappa shape index (κ1) is 20.8. The monoisotopic (exact) mass is 376 g/mol. The molecule has 1 saturated carbocycles. The Hall–Kier alpha value is -2.51. The fourth-order valence-electron chi connectivity index (χ4n) is 3.38. The summed E-state index contributed by atoms with van der Waals surface area (Å²) in [7, 11) is 0. The summed E-state index contributed by atoms with van der Waals surface area (Å²) in [5, 5.41) is 14.9. The predicted molar refractivity (Wildman–Crippen MR) is 98.9 cm³/mol. The number of carbonyl (C=O) groups is 3. The topological polar surface area (TPSA) is 121 Å². The Morgan fingerprint density at radius 3 is 2.30 bits per heavy atom. The second-order valence-electron chi connectivity index (χ2n) is 8.09. The van der Waals surface area contributed by atoms with E-state index in [9.17, 15) is 19.5 Å². The molecule has 1 aromatic rings. The van der Waals surface area contributed by atoms with Crippen LogP contribution in [-0.2, 0) is 9.59 Å². The molecule has 27 heavy (non-hydrogen) atoms. The summed E-state index contributed by atoms with van der Waals surface area (Å²) in [4.78, 5) is 44.9. The number of nitrogens with zero attached hydrogens (tertiary/aromatic N) is 2. The molecule has 2 amide bonds. The Labute approximate surface area is 159 Å². The van der Waals surface area contributed by atoms with Crippen LogP contribution in [0.25, 0.3) is 0 Å².